The van der Waals surface area contributed by atoms with E-state index in [2.05, 4.69) is 68.7 Å². The predicted octanol–water partition coefficient (Wildman–Crippen LogP) is 3.91. The zero-order valence-corrected chi connectivity index (χ0v) is 13.1. The van der Waals surface area contributed by atoms with E-state index in [1.54, 1.807) is 0 Å². The van der Waals surface area contributed by atoms with Gasteiger partial charge in [0.1, 0.15) is 0 Å². The molecule has 0 aliphatic heterocycles. The first-order chi connectivity index (χ1) is 9.61. The highest BCUT2D eigenvalue weighted by Gasteiger charge is 2.13. The van der Waals surface area contributed by atoms with Crippen molar-refractivity contribution in [2.75, 3.05) is 5.75 Å². The van der Waals surface area contributed by atoms with Gasteiger partial charge in [0.15, 0.2) is 0 Å². The van der Waals surface area contributed by atoms with Gasteiger partial charge in [-0.15, -0.1) is 11.8 Å². The fourth-order valence-electron chi connectivity index (χ4n) is 2.25. The van der Waals surface area contributed by atoms with Gasteiger partial charge in [-0.2, -0.15) is 0 Å². The van der Waals surface area contributed by atoms with Gasteiger partial charge in [0.05, 0.1) is 6.04 Å². The molecule has 0 radical (unpaired) electrons. The third kappa shape index (κ3) is 3.63. The third-order valence-electron chi connectivity index (χ3n) is 3.51. The van der Waals surface area contributed by atoms with Gasteiger partial charge >= 0.3 is 0 Å². The Kier molecular flexibility index (Phi) is 5.24. The van der Waals surface area contributed by atoms with Gasteiger partial charge in [-0.05, 0) is 43.5 Å². The molecule has 2 aromatic carbocycles. The number of hydrogen-bond donors (Lipinski definition) is 2. The van der Waals surface area contributed by atoms with Crippen molar-refractivity contribution < 1.29 is 0 Å². The minimum Gasteiger partial charge on any atom is -0.271 e. The number of nitrogens with two attached hydrogens (primary N) is 1. The molecule has 1 unspecified atom stereocenters. The molecule has 106 valence electrons. The molecule has 0 fully saturated rings. The van der Waals surface area contributed by atoms with Crippen LogP contribution in [-0.4, -0.2) is 5.75 Å². The van der Waals surface area contributed by atoms with E-state index in [1.807, 2.05) is 11.8 Å². The van der Waals surface area contributed by atoms with E-state index in [-0.39, 0.29) is 6.04 Å². The molecule has 0 aromatic heterocycles. The molecule has 0 saturated carbocycles. The zero-order valence-electron chi connectivity index (χ0n) is 12.3. The van der Waals surface area contributed by atoms with Crippen molar-refractivity contribution in [2.24, 2.45) is 5.84 Å². The number of aryl methyl sites for hydroxylation is 3. The topological polar surface area (TPSA) is 38.0 Å². The minimum atomic E-state index is 0.166. The fourth-order valence-corrected chi connectivity index (χ4v) is 3.35. The largest absolute Gasteiger partial charge is 0.271 e. The highest BCUT2D eigenvalue weighted by atomic mass is 32.2. The average molecular weight is 286 g/mol. The molecule has 2 aromatic rings. The summed E-state index contributed by atoms with van der Waals surface area (Å²) in [6.45, 7) is 6.40. The SMILES string of the molecule is Cc1ccc(C)c(C(CSc2ccccc2C)NN)c1. The Hall–Kier alpha value is -1.29. The van der Waals surface area contributed by atoms with Crippen LogP contribution in [0.1, 0.15) is 28.3 Å². The molecule has 3 N–H and O–H groups in total. The quantitative estimate of drug-likeness (QED) is 0.497. The Morgan fingerprint density at radius 1 is 1.05 bits per heavy atom. The van der Waals surface area contributed by atoms with Crippen LogP contribution in [0.15, 0.2) is 47.4 Å². The van der Waals surface area contributed by atoms with Crippen LogP contribution >= 0.6 is 11.8 Å². The fraction of sp³-hybridized carbons (Fsp3) is 0.294. The molecule has 0 heterocycles. The molecule has 0 aliphatic rings. The van der Waals surface area contributed by atoms with Crippen molar-refractivity contribution in [1.82, 2.24) is 5.43 Å². The molecular formula is C17H22N2S. The summed E-state index contributed by atoms with van der Waals surface area (Å²) in [5.41, 5.74) is 8.11. The van der Waals surface area contributed by atoms with Crippen molar-refractivity contribution in [3.05, 3.63) is 64.7 Å². The van der Waals surface area contributed by atoms with Crippen molar-refractivity contribution in [3.63, 3.8) is 0 Å². The van der Waals surface area contributed by atoms with Gasteiger partial charge in [-0.3, -0.25) is 11.3 Å². The first kappa shape index (κ1) is 15.1. The third-order valence-corrected chi connectivity index (χ3v) is 4.78. The van der Waals surface area contributed by atoms with Gasteiger partial charge in [0, 0.05) is 10.6 Å². The summed E-state index contributed by atoms with van der Waals surface area (Å²) in [5, 5.41) is 0. The predicted molar refractivity (Wildman–Crippen MR) is 87.9 cm³/mol. The molecule has 0 bridgehead atoms. The maximum absolute atomic E-state index is 5.76. The number of hydrazine groups is 1. The van der Waals surface area contributed by atoms with Crippen LogP contribution in [0.2, 0.25) is 0 Å². The second-order valence-electron chi connectivity index (χ2n) is 5.16. The Morgan fingerprint density at radius 2 is 1.80 bits per heavy atom. The van der Waals surface area contributed by atoms with E-state index in [1.165, 1.54) is 27.1 Å². The lowest BCUT2D eigenvalue weighted by Gasteiger charge is -2.19. The molecule has 3 heteroatoms. The van der Waals surface area contributed by atoms with Crippen LogP contribution in [0.4, 0.5) is 0 Å². The molecule has 0 saturated heterocycles. The van der Waals surface area contributed by atoms with Crippen molar-refractivity contribution in [2.45, 2.75) is 31.7 Å². The zero-order chi connectivity index (χ0) is 14.5. The molecule has 20 heavy (non-hydrogen) atoms. The van der Waals surface area contributed by atoms with Crippen molar-refractivity contribution in [3.8, 4) is 0 Å². The summed E-state index contributed by atoms with van der Waals surface area (Å²) in [6.07, 6.45) is 0. The second-order valence-corrected chi connectivity index (χ2v) is 6.22. The van der Waals surface area contributed by atoms with E-state index in [0.29, 0.717) is 0 Å². The highest BCUT2D eigenvalue weighted by Crippen LogP contribution is 2.28. The van der Waals surface area contributed by atoms with Gasteiger partial charge in [-0.1, -0.05) is 42.0 Å². The number of thioether (sulfide) groups is 1. The normalized spacial score (nSPS) is 12.4. The first-order valence-electron chi connectivity index (χ1n) is 6.83. The van der Waals surface area contributed by atoms with Crippen LogP contribution < -0.4 is 11.3 Å². The van der Waals surface area contributed by atoms with E-state index in [4.69, 9.17) is 5.84 Å². The second kappa shape index (κ2) is 6.93. The van der Waals surface area contributed by atoms with Crippen LogP contribution in [-0.2, 0) is 0 Å². The molecule has 2 rings (SSSR count). The standard InChI is InChI=1S/C17H22N2S/c1-12-8-9-13(2)15(10-12)16(19-18)11-20-17-7-5-4-6-14(17)3/h4-10,16,19H,11,18H2,1-3H3. The summed E-state index contributed by atoms with van der Waals surface area (Å²) in [6, 6.07) is 15.1. The van der Waals surface area contributed by atoms with E-state index >= 15 is 0 Å². The monoisotopic (exact) mass is 286 g/mol. The number of hydrogen-bond acceptors (Lipinski definition) is 3. The number of rotatable bonds is 5. The molecule has 2 nitrogen and oxygen atoms in total. The van der Waals surface area contributed by atoms with Gasteiger partial charge in [0.25, 0.3) is 0 Å². The Bertz CT molecular complexity index is 581. The van der Waals surface area contributed by atoms with Crippen LogP contribution in [0.5, 0.6) is 0 Å². The maximum atomic E-state index is 5.76. The summed E-state index contributed by atoms with van der Waals surface area (Å²) < 4.78 is 0. The molecule has 0 amide bonds. The molecule has 0 aliphatic carbocycles. The van der Waals surface area contributed by atoms with E-state index in [0.717, 1.165) is 5.75 Å². The average Bonchev–Trinajstić information content (AvgIpc) is 2.45. The van der Waals surface area contributed by atoms with Crippen molar-refractivity contribution in [1.29, 1.82) is 0 Å². The molecule has 1 atom stereocenters. The summed E-state index contributed by atoms with van der Waals surface area (Å²) in [5.74, 6) is 6.68. The van der Waals surface area contributed by atoms with Crippen molar-refractivity contribution >= 4 is 11.8 Å². The van der Waals surface area contributed by atoms with Gasteiger partial charge in [-0.25, -0.2) is 0 Å². The number of nitrogens with one attached hydrogen (secondary N) is 1. The van der Waals surface area contributed by atoms with Crippen LogP contribution in [0.3, 0.4) is 0 Å². The Morgan fingerprint density at radius 3 is 2.50 bits per heavy atom. The lowest BCUT2D eigenvalue weighted by atomic mass is 10.0. The molecule has 0 spiro atoms. The van der Waals surface area contributed by atoms with E-state index < -0.39 is 0 Å². The van der Waals surface area contributed by atoms with Crippen LogP contribution in [0.25, 0.3) is 0 Å². The van der Waals surface area contributed by atoms with Gasteiger partial charge in [0.2, 0.25) is 0 Å². The summed E-state index contributed by atoms with van der Waals surface area (Å²) >= 11 is 1.85. The highest BCUT2D eigenvalue weighted by molar-refractivity contribution is 7.99. The maximum Gasteiger partial charge on any atom is 0.0556 e. The Labute approximate surface area is 125 Å². The van der Waals surface area contributed by atoms with Crippen LogP contribution in [0, 0.1) is 20.8 Å². The minimum absolute atomic E-state index is 0.166. The molecular weight excluding hydrogens is 264 g/mol. The first-order valence-corrected chi connectivity index (χ1v) is 7.82. The lowest BCUT2D eigenvalue weighted by molar-refractivity contribution is 0.607. The lowest BCUT2D eigenvalue weighted by Crippen LogP contribution is -2.30. The summed E-state index contributed by atoms with van der Waals surface area (Å²) in [4.78, 5) is 1.32. The summed E-state index contributed by atoms with van der Waals surface area (Å²) in [7, 11) is 0. The number of benzene rings is 2. The van der Waals surface area contributed by atoms with Gasteiger partial charge < -0.3 is 0 Å². The smallest absolute Gasteiger partial charge is 0.0556 e. The Balaban J connectivity index is 2.13. The van der Waals surface area contributed by atoms with E-state index in [9.17, 15) is 0 Å².